The third-order valence-corrected chi connectivity index (χ3v) is 9.46. The Morgan fingerprint density at radius 2 is 0.977 bits per heavy atom. The van der Waals surface area contributed by atoms with E-state index in [1.807, 2.05) is 20.8 Å². The highest BCUT2D eigenvalue weighted by molar-refractivity contribution is 5.77. The fourth-order valence-corrected chi connectivity index (χ4v) is 6.69. The summed E-state index contributed by atoms with van der Waals surface area (Å²) in [5.74, 6) is -1.06. The zero-order valence-corrected chi connectivity index (χ0v) is 29.2. The molecule has 3 amide bonds. The number of nitrogens with one attached hydrogen (secondary N) is 3. The van der Waals surface area contributed by atoms with Crippen LogP contribution in [0, 0.1) is 35.5 Å². The molecule has 0 radical (unpaired) electrons. The van der Waals surface area contributed by atoms with Crippen LogP contribution in [-0.4, -0.2) is 55.9 Å². The molecule has 0 heterocycles. The lowest BCUT2D eigenvalue weighted by molar-refractivity contribution is -0.124. The molecule has 0 fully saturated rings. The Bertz CT molecular complexity index is 786. The molecule has 0 aromatic rings. The van der Waals surface area contributed by atoms with E-state index >= 15 is 0 Å². The molecule has 0 saturated carbocycles. The van der Waals surface area contributed by atoms with Crippen molar-refractivity contribution in [3.63, 3.8) is 0 Å². The minimum Gasteiger partial charge on any atom is -0.351 e. The summed E-state index contributed by atoms with van der Waals surface area (Å²) >= 11 is 0. The zero-order chi connectivity index (χ0) is 33.7. The van der Waals surface area contributed by atoms with Gasteiger partial charge >= 0.3 is 0 Å². The standard InChI is InChI=1S/C35H66F3N3O3/c1-9-12-15-28(24(4)5)31(21-36)41-35(44)20-26(7)30(17-14-11-3)33(23-38)40-34(43)19-18-25(6)29(16-13-10-2)32(22-37)39-27(8)42/h24-26,28-33H,9-23H2,1-8H3,(H,39,42)(H,40,43)(H,41,44)/t25?,26?,28?,29?,30?,31?,32-,33+/m0/s1. The van der Waals surface area contributed by atoms with E-state index in [1.54, 1.807) is 0 Å². The predicted octanol–water partition coefficient (Wildman–Crippen LogP) is 7.89. The molecule has 0 spiro atoms. The highest BCUT2D eigenvalue weighted by Gasteiger charge is 2.32. The minimum absolute atomic E-state index is 0.0160. The van der Waals surface area contributed by atoms with Gasteiger partial charge in [0.25, 0.3) is 0 Å². The second-order valence-electron chi connectivity index (χ2n) is 13.5. The van der Waals surface area contributed by atoms with Gasteiger partial charge in [0.1, 0.15) is 20.0 Å². The number of hydrogen-bond acceptors (Lipinski definition) is 3. The van der Waals surface area contributed by atoms with Gasteiger partial charge in [-0.05, 0) is 61.2 Å². The smallest absolute Gasteiger partial charge is 0.220 e. The Morgan fingerprint density at radius 1 is 0.568 bits per heavy atom. The highest BCUT2D eigenvalue weighted by Crippen LogP contribution is 2.29. The summed E-state index contributed by atoms with van der Waals surface area (Å²) < 4.78 is 42.4. The summed E-state index contributed by atoms with van der Waals surface area (Å²) in [5.41, 5.74) is 0. The lowest BCUT2D eigenvalue weighted by atomic mass is 9.80. The summed E-state index contributed by atoms with van der Waals surface area (Å²) in [7, 11) is 0. The SMILES string of the molecule is CCCCC(C(C)C)C(CF)NC(=O)CC(C)C(CCCC)[C@@H](CF)NC(=O)CCC(C)C(CCCC)[C@H](CF)NC(C)=O. The summed E-state index contributed by atoms with van der Waals surface area (Å²) in [5, 5.41) is 8.56. The van der Waals surface area contributed by atoms with Crippen molar-refractivity contribution in [1.82, 2.24) is 16.0 Å². The van der Waals surface area contributed by atoms with Crippen molar-refractivity contribution in [2.75, 3.05) is 20.0 Å². The first kappa shape index (κ1) is 42.2. The van der Waals surface area contributed by atoms with Gasteiger partial charge in [0.2, 0.25) is 17.7 Å². The molecular formula is C35H66F3N3O3. The second-order valence-corrected chi connectivity index (χ2v) is 13.5. The first-order valence-electron chi connectivity index (χ1n) is 17.4. The van der Waals surface area contributed by atoms with Crippen LogP contribution >= 0.6 is 0 Å². The number of unbranched alkanes of at least 4 members (excludes halogenated alkanes) is 3. The van der Waals surface area contributed by atoms with E-state index in [-0.39, 0.29) is 66.1 Å². The minimum atomic E-state index is -0.743. The summed E-state index contributed by atoms with van der Waals surface area (Å²) in [6.07, 6.45) is 8.65. The molecule has 3 N–H and O–H groups in total. The maximum Gasteiger partial charge on any atom is 0.220 e. The molecule has 0 saturated heterocycles. The first-order valence-corrected chi connectivity index (χ1v) is 17.4. The normalized spacial score (nSPS) is 17.2. The zero-order valence-electron chi connectivity index (χ0n) is 29.2. The number of carbonyl (C=O) groups is 3. The molecule has 0 aromatic carbocycles. The van der Waals surface area contributed by atoms with E-state index in [0.717, 1.165) is 51.4 Å². The number of alkyl halides is 3. The van der Waals surface area contributed by atoms with Crippen LogP contribution in [0.25, 0.3) is 0 Å². The van der Waals surface area contributed by atoms with E-state index < -0.39 is 38.1 Å². The molecule has 260 valence electrons. The van der Waals surface area contributed by atoms with Crippen molar-refractivity contribution in [1.29, 1.82) is 0 Å². The number of amides is 3. The largest absolute Gasteiger partial charge is 0.351 e. The summed E-state index contributed by atoms with van der Waals surface area (Å²) in [6, 6.07) is -1.87. The van der Waals surface area contributed by atoms with Crippen molar-refractivity contribution in [3.8, 4) is 0 Å². The van der Waals surface area contributed by atoms with Gasteiger partial charge in [-0.25, -0.2) is 13.2 Å². The van der Waals surface area contributed by atoms with Crippen molar-refractivity contribution in [3.05, 3.63) is 0 Å². The van der Waals surface area contributed by atoms with Crippen LogP contribution in [0.3, 0.4) is 0 Å². The Hall–Kier alpha value is -1.80. The molecular weight excluding hydrogens is 567 g/mol. The predicted molar refractivity (Wildman–Crippen MR) is 175 cm³/mol. The molecule has 0 aliphatic heterocycles. The third kappa shape index (κ3) is 16.5. The Morgan fingerprint density at radius 3 is 1.41 bits per heavy atom. The van der Waals surface area contributed by atoms with Gasteiger partial charge in [0.05, 0.1) is 18.1 Å². The molecule has 44 heavy (non-hydrogen) atoms. The Balaban J connectivity index is 5.45. The van der Waals surface area contributed by atoms with E-state index in [0.29, 0.717) is 12.8 Å². The Kier molecular flexibility index (Phi) is 23.4. The van der Waals surface area contributed by atoms with E-state index in [2.05, 4.69) is 43.6 Å². The van der Waals surface area contributed by atoms with Crippen molar-refractivity contribution >= 4 is 17.7 Å². The van der Waals surface area contributed by atoms with Crippen molar-refractivity contribution in [2.45, 2.75) is 151 Å². The van der Waals surface area contributed by atoms with Crippen LogP contribution in [0.1, 0.15) is 132 Å². The summed E-state index contributed by atoms with van der Waals surface area (Å²) in [4.78, 5) is 37.8. The lowest BCUT2D eigenvalue weighted by Crippen LogP contribution is -2.47. The van der Waals surface area contributed by atoms with E-state index in [1.165, 1.54) is 6.92 Å². The summed E-state index contributed by atoms with van der Waals surface area (Å²) in [6.45, 7) is 13.6. The molecule has 0 bridgehead atoms. The van der Waals surface area contributed by atoms with Crippen LogP contribution in [0.5, 0.6) is 0 Å². The van der Waals surface area contributed by atoms with Crippen LogP contribution in [0.4, 0.5) is 13.2 Å². The van der Waals surface area contributed by atoms with Gasteiger partial charge in [-0.2, -0.15) is 0 Å². The van der Waals surface area contributed by atoms with Crippen LogP contribution < -0.4 is 16.0 Å². The quantitative estimate of drug-likeness (QED) is 0.0906. The van der Waals surface area contributed by atoms with E-state index in [4.69, 9.17) is 0 Å². The molecule has 6 unspecified atom stereocenters. The monoisotopic (exact) mass is 634 g/mol. The number of carbonyl (C=O) groups excluding carboxylic acids is 3. The maximum atomic E-state index is 14.5. The fraction of sp³-hybridized carbons (Fsp3) is 0.914. The third-order valence-electron chi connectivity index (χ3n) is 9.46. The molecule has 0 rings (SSSR count). The van der Waals surface area contributed by atoms with E-state index in [9.17, 15) is 27.6 Å². The Labute approximate surface area is 267 Å². The van der Waals surface area contributed by atoms with Gasteiger partial charge in [-0.15, -0.1) is 0 Å². The molecule has 0 aliphatic rings. The first-order chi connectivity index (χ1) is 20.9. The van der Waals surface area contributed by atoms with Gasteiger partial charge in [0, 0.05) is 19.8 Å². The number of halogens is 3. The van der Waals surface area contributed by atoms with Gasteiger partial charge in [-0.1, -0.05) is 87.0 Å². The van der Waals surface area contributed by atoms with Crippen molar-refractivity contribution < 1.29 is 27.6 Å². The molecule has 0 aliphatic carbocycles. The number of rotatable bonds is 26. The highest BCUT2D eigenvalue weighted by atomic mass is 19.1. The van der Waals surface area contributed by atoms with Gasteiger partial charge in [0.15, 0.2) is 0 Å². The van der Waals surface area contributed by atoms with Gasteiger partial charge < -0.3 is 16.0 Å². The van der Waals surface area contributed by atoms with Crippen LogP contribution in [0.15, 0.2) is 0 Å². The molecule has 9 heteroatoms. The van der Waals surface area contributed by atoms with Gasteiger partial charge in [-0.3, -0.25) is 14.4 Å². The maximum absolute atomic E-state index is 14.5. The average molecular weight is 634 g/mol. The lowest BCUT2D eigenvalue weighted by Gasteiger charge is -2.33. The number of hydrogen-bond donors (Lipinski definition) is 3. The van der Waals surface area contributed by atoms with Crippen LogP contribution in [0.2, 0.25) is 0 Å². The average Bonchev–Trinajstić information content (AvgIpc) is 2.97. The topological polar surface area (TPSA) is 87.3 Å². The fourth-order valence-electron chi connectivity index (χ4n) is 6.69. The molecule has 8 atom stereocenters. The molecule has 0 aromatic heterocycles. The van der Waals surface area contributed by atoms with Crippen LogP contribution in [-0.2, 0) is 14.4 Å². The molecule has 6 nitrogen and oxygen atoms in total. The van der Waals surface area contributed by atoms with Crippen molar-refractivity contribution in [2.24, 2.45) is 35.5 Å². The second kappa shape index (κ2) is 24.4.